The van der Waals surface area contributed by atoms with E-state index in [0.29, 0.717) is 19.0 Å². The van der Waals surface area contributed by atoms with E-state index in [4.69, 9.17) is 4.74 Å². The third-order valence-electron chi connectivity index (χ3n) is 2.79. The lowest BCUT2D eigenvalue weighted by atomic mass is 9.94. The van der Waals surface area contributed by atoms with Crippen LogP contribution in [-0.2, 0) is 9.53 Å². The molecule has 2 heterocycles. The van der Waals surface area contributed by atoms with E-state index in [1.807, 2.05) is 6.92 Å². The Morgan fingerprint density at radius 2 is 2.38 bits per heavy atom. The van der Waals surface area contributed by atoms with Crippen LogP contribution in [0.1, 0.15) is 19.8 Å². The first-order valence-corrected chi connectivity index (χ1v) is 6.43. The predicted octanol–water partition coefficient (Wildman–Crippen LogP) is 1.89. The SMILES string of the molecule is CC(Sc1ncc[nH]1)C(=O)C1CCOCC1. The van der Waals surface area contributed by atoms with Crippen molar-refractivity contribution in [1.82, 2.24) is 9.97 Å². The number of carbonyl (C=O) groups is 1. The normalized spacial score (nSPS) is 19.6. The molecule has 1 aliphatic heterocycles. The minimum Gasteiger partial charge on any atom is -0.381 e. The summed E-state index contributed by atoms with van der Waals surface area (Å²) in [5.74, 6) is 0.496. The second kappa shape index (κ2) is 5.50. The lowest BCUT2D eigenvalue weighted by Gasteiger charge is -2.23. The van der Waals surface area contributed by atoms with E-state index in [0.717, 1.165) is 18.0 Å². The average molecular weight is 240 g/mol. The number of nitrogens with one attached hydrogen (secondary N) is 1. The minimum atomic E-state index is -0.0331. The van der Waals surface area contributed by atoms with Gasteiger partial charge in [0.1, 0.15) is 5.78 Å². The maximum atomic E-state index is 12.1. The lowest BCUT2D eigenvalue weighted by Crippen LogP contribution is -2.29. The first-order chi connectivity index (χ1) is 7.77. The van der Waals surface area contributed by atoms with Gasteiger partial charge < -0.3 is 9.72 Å². The second-order valence-electron chi connectivity index (χ2n) is 3.94. The fraction of sp³-hybridized carbons (Fsp3) is 0.636. The van der Waals surface area contributed by atoms with Gasteiger partial charge >= 0.3 is 0 Å². The summed E-state index contributed by atoms with van der Waals surface area (Å²) in [6, 6.07) is 0. The van der Waals surface area contributed by atoms with Crippen LogP contribution < -0.4 is 0 Å². The lowest BCUT2D eigenvalue weighted by molar-refractivity contribution is -0.124. The van der Waals surface area contributed by atoms with Crippen molar-refractivity contribution in [2.75, 3.05) is 13.2 Å². The van der Waals surface area contributed by atoms with Gasteiger partial charge in [0.05, 0.1) is 5.25 Å². The standard InChI is InChI=1S/C11H16N2O2S/c1-8(16-11-12-4-5-13-11)10(14)9-2-6-15-7-3-9/h4-5,8-9H,2-3,6-7H2,1H3,(H,12,13). The van der Waals surface area contributed by atoms with Crippen LogP contribution in [0.4, 0.5) is 0 Å². The summed E-state index contributed by atoms with van der Waals surface area (Å²) in [5, 5.41) is 0.780. The maximum Gasteiger partial charge on any atom is 0.165 e. The summed E-state index contributed by atoms with van der Waals surface area (Å²) in [6.07, 6.45) is 5.20. The number of ether oxygens (including phenoxy) is 1. The van der Waals surface area contributed by atoms with Gasteiger partial charge in [-0.1, -0.05) is 11.8 Å². The topological polar surface area (TPSA) is 55.0 Å². The maximum absolute atomic E-state index is 12.1. The van der Waals surface area contributed by atoms with Gasteiger partial charge in [-0.05, 0) is 19.8 Å². The van der Waals surface area contributed by atoms with Gasteiger partial charge in [-0.2, -0.15) is 0 Å². The van der Waals surface area contributed by atoms with Crippen molar-refractivity contribution in [3.8, 4) is 0 Å². The Hall–Kier alpha value is -0.810. The van der Waals surface area contributed by atoms with E-state index in [9.17, 15) is 4.79 Å². The van der Waals surface area contributed by atoms with Crippen molar-refractivity contribution >= 4 is 17.5 Å². The molecule has 16 heavy (non-hydrogen) atoms. The van der Waals surface area contributed by atoms with Crippen molar-refractivity contribution in [3.05, 3.63) is 12.4 Å². The van der Waals surface area contributed by atoms with E-state index < -0.39 is 0 Å². The second-order valence-corrected chi connectivity index (χ2v) is 5.27. The highest BCUT2D eigenvalue weighted by Crippen LogP contribution is 2.25. The molecule has 1 unspecified atom stereocenters. The van der Waals surface area contributed by atoms with Crippen molar-refractivity contribution in [2.24, 2.45) is 5.92 Å². The molecule has 88 valence electrons. The summed E-state index contributed by atoms with van der Waals surface area (Å²) in [7, 11) is 0. The number of H-pyrrole nitrogens is 1. The Morgan fingerprint density at radius 3 is 3.00 bits per heavy atom. The minimum absolute atomic E-state index is 0.0331. The molecular formula is C11H16N2O2S. The number of nitrogens with zero attached hydrogens (tertiary/aromatic N) is 1. The molecule has 0 bridgehead atoms. The van der Waals surface area contributed by atoms with E-state index >= 15 is 0 Å². The van der Waals surface area contributed by atoms with E-state index in [1.54, 1.807) is 12.4 Å². The molecule has 0 saturated carbocycles. The Bertz CT molecular complexity index is 334. The summed E-state index contributed by atoms with van der Waals surface area (Å²) in [6.45, 7) is 3.38. The smallest absolute Gasteiger partial charge is 0.165 e. The summed E-state index contributed by atoms with van der Waals surface area (Å²) < 4.78 is 5.26. The number of Topliss-reactive ketones (excluding diaryl/α,β-unsaturated/α-hetero) is 1. The molecule has 1 saturated heterocycles. The Morgan fingerprint density at radius 1 is 1.62 bits per heavy atom. The van der Waals surface area contributed by atoms with Crippen LogP contribution in [0.15, 0.2) is 17.6 Å². The van der Waals surface area contributed by atoms with Crippen molar-refractivity contribution in [1.29, 1.82) is 0 Å². The van der Waals surface area contributed by atoms with Crippen LogP contribution in [-0.4, -0.2) is 34.2 Å². The molecule has 4 nitrogen and oxygen atoms in total. The van der Waals surface area contributed by atoms with E-state index in [-0.39, 0.29) is 11.2 Å². The highest BCUT2D eigenvalue weighted by molar-refractivity contribution is 8.00. The van der Waals surface area contributed by atoms with Crippen LogP contribution in [0.25, 0.3) is 0 Å². The summed E-state index contributed by atoms with van der Waals surface area (Å²) in [4.78, 5) is 19.2. The zero-order chi connectivity index (χ0) is 11.4. The molecule has 1 N–H and O–H groups in total. The van der Waals surface area contributed by atoms with Gasteiger partial charge in [0.15, 0.2) is 5.16 Å². The molecule has 2 rings (SSSR count). The number of aromatic amines is 1. The quantitative estimate of drug-likeness (QED) is 0.816. The highest BCUT2D eigenvalue weighted by atomic mass is 32.2. The zero-order valence-electron chi connectivity index (χ0n) is 9.31. The van der Waals surface area contributed by atoms with Gasteiger partial charge in [-0.3, -0.25) is 4.79 Å². The van der Waals surface area contributed by atoms with Crippen LogP contribution in [0.3, 0.4) is 0 Å². The van der Waals surface area contributed by atoms with E-state index in [1.165, 1.54) is 11.8 Å². The third kappa shape index (κ3) is 2.86. The van der Waals surface area contributed by atoms with Crippen LogP contribution in [0.5, 0.6) is 0 Å². The molecule has 1 fully saturated rings. The van der Waals surface area contributed by atoms with Crippen molar-refractivity contribution < 1.29 is 9.53 Å². The highest BCUT2D eigenvalue weighted by Gasteiger charge is 2.26. The molecule has 1 atom stereocenters. The van der Waals surface area contributed by atoms with Gasteiger partial charge in [-0.15, -0.1) is 0 Å². The molecule has 0 aromatic carbocycles. The third-order valence-corrected chi connectivity index (χ3v) is 3.82. The van der Waals surface area contributed by atoms with Gasteiger partial charge in [0, 0.05) is 31.5 Å². The molecule has 0 radical (unpaired) electrons. The van der Waals surface area contributed by atoms with Gasteiger partial charge in [0.2, 0.25) is 0 Å². The summed E-state index contributed by atoms with van der Waals surface area (Å²) >= 11 is 1.49. The van der Waals surface area contributed by atoms with Crippen molar-refractivity contribution in [3.63, 3.8) is 0 Å². The number of ketones is 1. The fourth-order valence-electron chi connectivity index (χ4n) is 1.85. The number of aromatic nitrogens is 2. The number of hydrogen-bond acceptors (Lipinski definition) is 4. The Kier molecular flexibility index (Phi) is 4.01. The molecular weight excluding hydrogens is 224 g/mol. The predicted molar refractivity (Wildman–Crippen MR) is 62.5 cm³/mol. The largest absolute Gasteiger partial charge is 0.381 e. The fourth-order valence-corrected chi connectivity index (χ4v) is 2.76. The molecule has 0 amide bonds. The van der Waals surface area contributed by atoms with Crippen LogP contribution >= 0.6 is 11.8 Å². The van der Waals surface area contributed by atoms with Crippen LogP contribution in [0.2, 0.25) is 0 Å². The monoisotopic (exact) mass is 240 g/mol. The molecule has 1 aromatic heterocycles. The van der Waals surface area contributed by atoms with Gasteiger partial charge in [-0.25, -0.2) is 4.98 Å². The Labute approximate surface area is 99.2 Å². The van der Waals surface area contributed by atoms with Crippen molar-refractivity contribution in [2.45, 2.75) is 30.2 Å². The van der Waals surface area contributed by atoms with Crippen LogP contribution in [0, 0.1) is 5.92 Å². The molecule has 0 aliphatic carbocycles. The first kappa shape index (κ1) is 11.7. The number of hydrogen-bond donors (Lipinski definition) is 1. The van der Waals surface area contributed by atoms with Gasteiger partial charge in [0.25, 0.3) is 0 Å². The molecule has 1 aromatic rings. The zero-order valence-corrected chi connectivity index (χ0v) is 10.1. The first-order valence-electron chi connectivity index (χ1n) is 5.55. The number of imidazole rings is 1. The van der Waals surface area contributed by atoms with E-state index in [2.05, 4.69) is 9.97 Å². The Balaban J connectivity index is 1.88. The number of carbonyl (C=O) groups excluding carboxylic acids is 1. The average Bonchev–Trinajstić information content (AvgIpc) is 2.82. The number of thioether (sulfide) groups is 1. The molecule has 1 aliphatic rings. The molecule has 5 heteroatoms. The number of rotatable bonds is 4. The summed E-state index contributed by atoms with van der Waals surface area (Å²) in [5.41, 5.74) is 0. The molecule has 0 spiro atoms.